The summed E-state index contributed by atoms with van der Waals surface area (Å²) >= 11 is 5.82. The summed E-state index contributed by atoms with van der Waals surface area (Å²) < 4.78 is 36.2. The van der Waals surface area contributed by atoms with Crippen LogP contribution >= 0.6 is 11.6 Å². The number of nitrogens with zero attached hydrogens (tertiary/aromatic N) is 10. The minimum Gasteiger partial charge on any atom is -0.342 e. The number of hydrogen-bond acceptors (Lipinski definition) is 7. The Labute approximate surface area is 208 Å². The van der Waals surface area contributed by atoms with Crippen molar-refractivity contribution in [3.05, 3.63) is 59.5 Å². The van der Waals surface area contributed by atoms with Crippen LogP contribution in [-0.4, -0.2) is 48.9 Å². The summed E-state index contributed by atoms with van der Waals surface area (Å²) in [6.45, 7) is 4.21. The second-order valence-electron chi connectivity index (χ2n) is 8.67. The molecule has 5 aromatic heterocycles. The molecule has 0 amide bonds. The van der Waals surface area contributed by atoms with E-state index in [1.807, 2.05) is 43.8 Å². The van der Waals surface area contributed by atoms with Crippen molar-refractivity contribution in [2.45, 2.75) is 32.5 Å². The monoisotopic (exact) mass is 511 g/mol. The van der Waals surface area contributed by atoms with E-state index in [0.717, 1.165) is 29.3 Å². The molecule has 0 saturated carbocycles. The lowest BCUT2D eigenvalue weighted by atomic mass is 10.1. The number of anilines is 2. The third-order valence-electron chi connectivity index (χ3n) is 6.14. The van der Waals surface area contributed by atoms with Crippen LogP contribution in [0, 0.1) is 6.92 Å². The van der Waals surface area contributed by atoms with Crippen molar-refractivity contribution in [2.24, 2.45) is 7.05 Å². The largest absolute Gasteiger partial charge is 0.404 e. The van der Waals surface area contributed by atoms with Crippen molar-refractivity contribution in [2.75, 3.05) is 5.32 Å². The van der Waals surface area contributed by atoms with Gasteiger partial charge in [-0.05, 0) is 25.5 Å². The molecule has 0 unspecified atom stereocenters. The van der Waals surface area contributed by atoms with Gasteiger partial charge in [0.1, 0.15) is 5.82 Å². The number of alkyl halides is 2. The summed E-state index contributed by atoms with van der Waals surface area (Å²) in [5, 5.41) is 19.1. The quantitative estimate of drug-likeness (QED) is 0.379. The predicted octanol–water partition coefficient (Wildman–Crippen LogP) is 4.01. The minimum atomic E-state index is -3.53. The van der Waals surface area contributed by atoms with Gasteiger partial charge in [0.2, 0.25) is 11.8 Å². The van der Waals surface area contributed by atoms with Gasteiger partial charge in [-0.25, -0.2) is 14.6 Å². The standard InChI is InChI=1S/C22H20ClF2N11/c1-12-7-26-21(29-17-4-5-27-33(17)3)30-18(12)14-6-16-19-31-32-20(36(19)13(2)9-34(16)10-14)22(24,25)35-11-15(23)8-28-35/h4-8,10-11,13H,9H2,1-3H3,(H,26,29,30)/t13-/m0/s1. The van der Waals surface area contributed by atoms with Gasteiger partial charge in [0.15, 0.2) is 5.82 Å². The maximum atomic E-state index is 15.3. The third kappa shape index (κ3) is 3.46. The number of aromatic nitrogens is 10. The summed E-state index contributed by atoms with van der Waals surface area (Å²) in [5.41, 5.74) is 3.06. The SMILES string of the molecule is Cc1cnc(Nc2ccnn2C)nc1-c1cc2n(c1)C[C@H](C)n1c-2nnc1C(F)(F)n1cc(Cl)cn1. The van der Waals surface area contributed by atoms with Gasteiger partial charge in [-0.3, -0.25) is 9.25 Å². The highest BCUT2D eigenvalue weighted by Gasteiger charge is 2.44. The normalized spacial score (nSPS) is 15.1. The van der Waals surface area contributed by atoms with E-state index >= 15 is 8.78 Å². The van der Waals surface area contributed by atoms with Gasteiger partial charge in [0, 0.05) is 37.6 Å². The average molecular weight is 512 g/mol. The minimum absolute atomic E-state index is 0.108. The molecule has 0 saturated heterocycles. The fraction of sp³-hybridized carbons (Fsp3) is 0.273. The average Bonchev–Trinajstić information content (AvgIpc) is 3.62. The zero-order valence-corrected chi connectivity index (χ0v) is 20.2. The lowest BCUT2D eigenvalue weighted by molar-refractivity contribution is -0.0610. The Balaban J connectivity index is 1.40. The molecule has 1 aliphatic rings. The fourth-order valence-electron chi connectivity index (χ4n) is 4.40. The predicted molar refractivity (Wildman–Crippen MR) is 127 cm³/mol. The zero-order valence-electron chi connectivity index (χ0n) is 19.4. The van der Waals surface area contributed by atoms with E-state index in [1.165, 1.54) is 4.57 Å². The van der Waals surface area contributed by atoms with Crippen LogP contribution in [0.15, 0.2) is 43.1 Å². The summed E-state index contributed by atoms with van der Waals surface area (Å²) in [6, 6.07) is -0.163. The molecule has 0 aliphatic carbocycles. The van der Waals surface area contributed by atoms with Gasteiger partial charge in [-0.2, -0.15) is 19.0 Å². The Kier molecular flexibility index (Phi) is 4.93. The van der Waals surface area contributed by atoms with Gasteiger partial charge < -0.3 is 9.88 Å². The molecule has 1 atom stereocenters. The zero-order chi connectivity index (χ0) is 25.2. The summed E-state index contributed by atoms with van der Waals surface area (Å²) in [6.07, 6.45) is 7.57. The van der Waals surface area contributed by atoms with Crippen LogP contribution in [-0.2, 0) is 19.6 Å². The van der Waals surface area contributed by atoms with Crippen molar-refractivity contribution in [3.63, 3.8) is 0 Å². The highest BCUT2D eigenvalue weighted by molar-refractivity contribution is 6.30. The van der Waals surface area contributed by atoms with Crippen LogP contribution < -0.4 is 5.32 Å². The Morgan fingerprint density at radius 2 is 2.00 bits per heavy atom. The van der Waals surface area contributed by atoms with Crippen LogP contribution in [0.25, 0.3) is 22.8 Å². The number of halogens is 3. The molecule has 11 nitrogen and oxygen atoms in total. The van der Waals surface area contributed by atoms with Gasteiger partial charge in [0.05, 0.1) is 41.0 Å². The third-order valence-corrected chi connectivity index (χ3v) is 6.33. The molecule has 1 aliphatic heterocycles. The lowest BCUT2D eigenvalue weighted by Gasteiger charge is -2.27. The highest BCUT2D eigenvalue weighted by atomic mass is 35.5. The fourth-order valence-corrected chi connectivity index (χ4v) is 4.53. The van der Waals surface area contributed by atoms with Gasteiger partial charge in [-0.15, -0.1) is 10.2 Å². The van der Waals surface area contributed by atoms with Crippen molar-refractivity contribution in [1.82, 2.24) is 48.9 Å². The molecule has 5 aromatic rings. The highest BCUT2D eigenvalue weighted by Crippen LogP contribution is 2.39. The molecular weight excluding hydrogens is 492 g/mol. The first-order chi connectivity index (χ1) is 17.2. The molecule has 184 valence electrons. The van der Waals surface area contributed by atoms with Crippen molar-refractivity contribution in [3.8, 4) is 22.8 Å². The van der Waals surface area contributed by atoms with Crippen LogP contribution in [0.2, 0.25) is 5.02 Å². The molecule has 36 heavy (non-hydrogen) atoms. The number of hydrogen-bond donors (Lipinski definition) is 1. The van der Waals surface area contributed by atoms with E-state index in [1.54, 1.807) is 17.1 Å². The topological polar surface area (TPSA) is 109 Å². The Bertz CT molecular complexity index is 1590. The molecule has 0 fully saturated rings. The Morgan fingerprint density at radius 3 is 2.72 bits per heavy atom. The van der Waals surface area contributed by atoms with Crippen LogP contribution in [0.5, 0.6) is 0 Å². The molecule has 1 N–H and O–H groups in total. The molecule has 0 spiro atoms. The molecule has 14 heteroatoms. The van der Waals surface area contributed by atoms with E-state index in [4.69, 9.17) is 16.6 Å². The van der Waals surface area contributed by atoms with E-state index in [2.05, 4.69) is 30.7 Å². The molecule has 0 bridgehead atoms. The summed E-state index contributed by atoms with van der Waals surface area (Å²) in [5.74, 6) is 1.00. The number of nitrogens with one attached hydrogen (secondary N) is 1. The molecular formula is C22H20ClF2N11. The Hall–Kier alpha value is -4.13. The van der Waals surface area contributed by atoms with E-state index in [-0.39, 0.29) is 11.1 Å². The first-order valence-corrected chi connectivity index (χ1v) is 11.4. The van der Waals surface area contributed by atoms with E-state index in [9.17, 15) is 0 Å². The van der Waals surface area contributed by atoms with Crippen molar-refractivity contribution >= 4 is 23.4 Å². The Morgan fingerprint density at radius 1 is 1.17 bits per heavy atom. The number of aryl methyl sites for hydroxylation is 2. The molecule has 0 aromatic carbocycles. The maximum absolute atomic E-state index is 15.3. The number of fused-ring (bicyclic) bond motifs is 3. The lowest BCUT2D eigenvalue weighted by Crippen LogP contribution is -2.32. The summed E-state index contributed by atoms with van der Waals surface area (Å²) in [7, 11) is 1.81. The van der Waals surface area contributed by atoms with Gasteiger partial charge in [0.25, 0.3) is 0 Å². The molecule has 6 heterocycles. The van der Waals surface area contributed by atoms with Gasteiger partial charge in [-0.1, -0.05) is 11.6 Å². The van der Waals surface area contributed by atoms with Crippen molar-refractivity contribution in [1.29, 1.82) is 0 Å². The summed E-state index contributed by atoms with van der Waals surface area (Å²) in [4.78, 5) is 9.07. The maximum Gasteiger partial charge on any atom is 0.404 e. The smallest absolute Gasteiger partial charge is 0.342 e. The second-order valence-corrected chi connectivity index (χ2v) is 9.10. The molecule has 0 radical (unpaired) electrons. The molecule has 6 rings (SSSR count). The van der Waals surface area contributed by atoms with Crippen molar-refractivity contribution < 1.29 is 8.78 Å². The van der Waals surface area contributed by atoms with E-state index in [0.29, 0.717) is 34.4 Å². The number of rotatable bonds is 5. The van der Waals surface area contributed by atoms with Crippen LogP contribution in [0.1, 0.15) is 24.4 Å². The van der Waals surface area contributed by atoms with Crippen LogP contribution in [0.4, 0.5) is 20.5 Å². The van der Waals surface area contributed by atoms with Gasteiger partial charge >= 0.3 is 6.05 Å². The first-order valence-electron chi connectivity index (χ1n) is 11.1. The van der Waals surface area contributed by atoms with Crippen LogP contribution in [0.3, 0.4) is 0 Å². The first kappa shape index (κ1) is 22.3. The van der Waals surface area contributed by atoms with E-state index < -0.39 is 11.9 Å². The second kappa shape index (κ2) is 7.95.